The number of piperazine rings is 1. The number of thiophene rings is 1. The normalized spacial score (nSPS) is 17.8. The average Bonchev–Trinajstić information content (AvgIpc) is 3.01. The van der Waals surface area contributed by atoms with Crippen LogP contribution in [0.15, 0.2) is 30.3 Å². The van der Waals surface area contributed by atoms with Gasteiger partial charge in [0.2, 0.25) is 11.8 Å². The molecule has 1 atom stereocenters. The first-order valence-corrected chi connectivity index (χ1v) is 13.0. The van der Waals surface area contributed by atoms with Gasteiger partial charge in [-0.3, -0.25) is 19.4 Å². The van der Waals surface area contributed by atoms with E-state index in [1.807, 2.05) is 37.3 Å². The van der Waals surface area contributed by atoms with E-state index in [1.165, 1.54) is 11.3 Å². The van der Waals surface area contributed by atoms with E-state index < -0.39 is 0 Å². The van der Waals surface area contributed by atoms with Crippen LogP contribution in [0, 0.1) is 11.3 Å². The van der Waals surface area contributed by atoms with Crippen molar-refractivity contribution in [1.29, 1.82) is 5.26 Å². The Bertz CT molecular complexity index is 1040. The van der Waals surface area contributed by atoms with Gasteiger partial charge in [-0.05, 0) is 43.7 Å². The summed E-state index contributed by atoms with van der Waals surface area (Å²) in [6, 6.07) is 11.9. The van der Waals surface area contributed by atoms with Gasteiger partial charge in [-0.1, -0.05) is 36.8 Å². The Morgan fingerprint density at radius 3 is 2.56 bits per heavy atom. The maximum atomic E-state index is 13.0. The maximum absolute atomic E-state index is 13.0. The summed E-state index contributed by atoms with van der Waals surface area (Å²) >= 11 is 1.58. The minimum atomic E-state index is -0.289. The molecule has 2 amide bonds. The van der Waals surface area contributed by atoms with Crippen LogP contribution in [0.4, 0.5) is 5.00 Å². The highest BCUT2D eigenvalue weighted by Gasteiger charge is 2.28. The van der Waals surface area contributed by atoms with Crippen molar-refractivity contribution in [3.05, 3.63) is 51.9 Å². The molecule has 1 fully saturated rings. The number of carbonyl (C=O) groups is 2. The van der Waals surface area contributed by atoms with Gasteiger partial charge in [-0.2, -0.15) is 5.26 Å². The van der Waals surface area contributed by atoms with E-state index in [9.17, 15) is 14.9 Å². The Hall–Kier alpha value is -2.73. The van der Waals surface area contributed by atoms with Gasteiger partial charge in [0.25, 0.3) is 0 Å². The fourth-order valence-corrected chi connectivity index (χ4v) is 5.94. The van der Waals surface area contributed by atoms with Crippen LogP contribution in [0.2, 0.25) is 0 Å². The van der Waals surface area contributed by atoms with Crippen molar-refractivity contribution in [2.75, 3.05) is 38.0 Å². The first-order chi connectivity index (χ1) is 16.5. The third kappa shape index (κ3) is 6.03. The molecule has 34 heavy (non-hydrogen) atoms. The van der Waals surface area contributed by atoms with Gasteiger partial charge in [-0.25, -0.2) is 0 Å². The molecule has 1 aliphatic carbocycles. The molecule has 4 rings (SSSR count). The molecule has 1 aromatic heterocycles. The molecule has 0 radical (unpaired) electrons. The minimum Gasteiger partial charge on any atom is -0.351 e. The van der Waals surface area contributed by atoms with Crippen LogP contribution in [-0.4, -0.2) is 60.4 Å². The number of fused-ring (bicyclic) bond motifs is 1. The number of anilines is 1. The van der Waals surface area contributed by atoms with Crippen LogP contribution >= 0.6 is 11.3 Å². The zero-order valence-electron chi connectivity index (χ0n) is 19.8. The molecule has 180 valence electrons. The lowest BCUT2D eigenvalue weighted by Gasteiger charge is -2.37. The van der Waals surface area contributed by atoms with Crippen molar-refractivity contribution in [1.82, 2.24) is 15.1 Å². The third-order valence-corrected chi connectivity index (χ3v) is 8.01. The number of nitriles is 1. The smallest absolute Gasteiger partial charge is 0.242 e. The van der Waals surface area contributed by atoms with Crippen LogP contribution in [0.5, 0.6) is 0 Å². The second kappa shape index (κ2) is 11.6. The summed E-state index contributed by atoms with van der Waals surface area (Å²) in [6.07, 6.45) is 5.39. The van der Waals surface area contributed by atoms with E-state index in [0.717, 1.165) is 63.0 Å². The predicted molar refractivity (Wildman–Crippen MR) is 135 cm³/mol. The summed E-state index contributed by atoms with van der Waals surface area (Å²) in [5, 5.41) is 16.5. The van der Waals surface area contributed by atoms with Gasteiger partial charge in [-0.15, -0.1) is 11.3 Å². The summed E-state index contributed by atoms with van der Waals surface area (Å²) in [6.45, 7) is 5.77. The second-order valence-corrected chi connectivity index (χ2v) is 10.2. The molecule has 2 heterocycles. The Balaban J connectivity index is 1.25. The number of benzene rings is 1. The molecule has 0 spiro atoms. The Morgan fingerprint density at radius 1 is 1.09 bits per heavy atom. The van der Waals surface area contributed by atoms with E-state index >= 15 is 0 Å². The van der Waals surface area contributed by atoms with Crippen molar-refractivity contribution in [2.45, 2.75) is 51.6 Å². The number of nitrogens with one attached hydrogen (secondary N) is 2. The summed E-state index contributed by atoms with van der Waals surface area (Å²) < 4.78 is 0. The number of rotatable bonds is 7. The molecule has 1 aromatic carbocycles. The van der Waals surface area contributed by atoms with E-state index in [4.69, 9.17) is 0 Å². The molecule has 8 heteroatoms. The molecule has 0 bridgehead atoms. The molecule has 2 aromatic rings. The van der Waals surface area contributed by atoms with Crippen molar-refractivity contribution < 1.29 is 9.59 Å². The number of aryl methyl sites for hydroxylation is 1. The molecule has 1 aliphatic heterocycles. The van der Waals surface area contributed by atoms with Gasteiger partial charge >= 0.3 is 0 Å². The molecule has 7 nitrogen and oxygen atoms in total. The lowest BCUT2D eigenvalue weighted by atomic mass is 10.1. The highest BCUT2D eigenvalue weighted by atomic mass is 32.1. The number of hydrogen-bond donors (Lipinski definition) is 2. The number of amides is 2. The van der Waals surface area contributed by atoms with E-state index in [0.29, 0.717) is 23.7 Å². The van der Waals surface area contributed by atoms with Crippen molar-refractivity contribution in [2.24, 2.45) is 0 Å². The van der Waals surface area contributed by atoms with Crippen LogP contribution in [-0.2, 0) is 29.0 Å². The van der Waals surface area contributed by atoms with Gasteiger partial charge in [0.15, 0.2) is 0 Å². The summed E-state index contributed by atoms with van der Waals surface area (Å²) in [4.78, 5) is 30.9. The zero-order chi connectivity index (χ0) is 23.9. The molecule has 2 N–H and O–H groups in total. The van der Waals surface area contributed by atoms with Gasteiger partial charge < -0.3 is 10.6 Å². The van der Waals surface area contributed by atoms with E-state index in [-0.39, 0.29) is 17.9 Å². The van der Waals surface area contributed by atoms with Crippen LogP contribution in [0.25, 0.3) is 0 Å². The Morgan fingerprint density at radius 2 is 1.82 bits per heavy atom. The minimum absolute atomic E-state index is 0.0181. The third-order valence-electron chi connectivity index (χ3n) is 6.80. The van der Waals surface area contributed by atoms with Crippen LogP contribution in [0.3, 0.4) is 0 Å². The molecule has 1 saturated heterocycles. The number of nitrogens with zero attached hydrogens (tertiary/aromatic N) is 3. The Labute approximate surface area is 205 Å². The summed E-state index contributed by atoms with van der Waals surface area (Å²) in [7, 11) is 0. The van der Waals surface area contributed by atoms with Gasteiger partial charge in [0, 0.05) is 37.6 Å². The Kier molecular flexibility index (Phi) is 8.33. The number of carbonyl (C=O) groups excluding carboxylic acids is 2. The van der Waals surface area contributed by atoms with Crippen molar-refractivity contribution in [3.63, 3.8) is 0 Å². The van der Waals surface area contributed by atoms with Crippen molar-refractivity contribution in [3.8, 4) is 6.07 Å². The fraction of sp³-hybridized carbons (Fsp3) is 0.500. The maximum Gasteiger partial charge on any atom is 0.242 e. The lowest BCUT2D eigenvalue weighted by molar-refractivity contribution is -0.124. The largest absolute Gasteiger partial charge is 0.351 e. The number of hydrogen-bond acceptors (Lipinski definition) is 6. The first kappa shape index (κ1) is 24.4. The van der Waals surface area contributed by atoms with Gasteiger partial charge in [0.05, 0.1) is 18.2 Å². The van der Waals surface area contributed by atoms with E-state index in [1.54, 1.807) is 11.3 Å². The molecular weight excluding hydrogens is 446 g/mol. The van der Waals surface area contributed by atoms with Crippen molar-refractivity contribution >= 4 is 28.2 Å². The fourth-order valence-electron chi connectivity index (χ4n) is 4.70. The van der Waals surface area contributed by atoms with Crippen LogP contribution < -0.4 is 10.6 Å². The van der Waals surface area contributed by atoms with E-state index in [2.05, 4.69) is 26.5 Å². The average molecular weight is 480 g/mol. The summed E-state index contributed by atoms with van der Waals surface area (Å²) in [5.74, 6) is -0.0495. The first-order valence-electron chi connectivity index (χ1n) is 12.2. The molecule has 2 aliphatic rings. The van der Waals surface area contributed by atoms with Gasteiger partial charge in [0.1, 0.15) is 11.1 Å². The highest BCUT2D eigenvalue weighted by molar-refractivity contribution is 7.16. The quantitative estimate of drug-likeness (QED) is 0.596. The van der Waals surface area contributed by atoms with Crippen LogP contribution in [0.1, 0.15) is 47.8 Å². The monoisotopic (exact) mass is 479 g/mol. The molecule has 1 unspecified atom stereocenters. The predicted octanol–water partition coefficient (Wildman–Crippen LogP) is 3.15. The standard InChI is InChI=1S/C26H33N5O2S/c1-19(25(33)29-26-22(16-27)21-10-6-3-7-11-23(21)34-26)31-14-12-30(13-15-31)18-24(32)28-17-20-8-4-2-5-9-20/h2,4-5,8-9,19H,3,6-7,10-15,17-18H2,1H3,(H,28,32)(H,29,33). The zero-order valence-corrected chi connectivity index (χ0v) is 20.6. The summed E-state index contributed by atoms with van der Waals surface area (Å²) in [5.41, 5.74) is 2.89. The SMILES string of the molecule is CC(C(=O)Nc1sc2c(c1C#N)CCCCC2)N1CCN(CC(=O)NCc2ccccc2)CC1. The lowest BCUT2D eigenvalue weighted by Crippen LogP contribution is -2.54. The molecule has 0 saturated carbocycles. The highest BCUT2D eigenvalue weighted by Crippen LogP contribution is 2.37. The molecular formula is C26H33N5O2S. The second-order valence-electron chi connectivity index (χ2n) is 9.12. The topological polar surface area (TPSA) is 88.5 Å².